The van der Waals surface area contributed by atoms with Gasteiger partial charge in [-0.05, 0) is 0 Å². The maximum Gasteiger partial charge on any atom is 0.196 e. The van der Waals surface area contributed by atoms with E-state index in [4.69, 9.17) is 15.3 Å². The van der Waals surface area contributed by atoms with E-state index in [1.165, 1.54) is 12.2 Å². The molecule has 0 aromatic heterocycles. The Hall–Kier alpha value is -1.07. The summed E-state index contributed by atoms with van der Waals surface area (Å²) in [6.45, 7) is 0. The molecule has 1 aliphatic heterocycles. The third kappa shape index (κ3) is 1.69. The lowest BCUT2D eigenvalue weighted by Crippen LogP contribution is -2.38. The minimum Gasteiger partial charge on any atom is -0.494 e. The van der Waals surface area contributed by atoms with Crippen molar-refractivity contribution in [3.63, 3.8) is 0 Å². The van der Waals surface area contributed by atoms with Crippen LogP contribution in [0.15, 0.2) is 17.0 Å². The summed E-state index contributed by atoms with van der Waals surface area (Å²) in [6, 6.07) is 0. The Morgan fingerprint density at radius 2 is 2.36 bits per heavy atom. The number of methoxy groups -OCH3 is 1. The Labute approximate surface area is 65.0 Å². The highest BCUT2D eigenvalue weighted by Gasteiger charge is 2.13. The molecule has 0 aromatic carbocycles. The molecule has 62 valence electrons. The number of allylic oxidation sites excluding steroid dienone is 1. The number of hydroxylamine groups is 2. The fourth-order valence-electron chi connectivity index (χ4n) is 0.717. The maximum atomic E-state index is 5.51. The van der Waals surface area contributed by atoms with E-state index in [9.17, 15) is 0 Å². The Morgan fingerprint density at radius 3 is 2.91 bits per heavy atom. The van der Waals surface area contributed by atoms with Gasteiger partial charge in [-0.2, -0.15) is 0 Å². The van der Waals surface area contributed by atoms with Crippen molar-refractivity contribution in [2.45, 2.75) is 6.29 Å². The highest BCUT2D eigenvalue weighted by atomic mass is 16.7. The van der Waals surface area contributed by atoms with Crippen LogP contribution < -0.4 is 5.73 Å². The van der Waals surface area contributed by atoms with Crippen LogP contribution in [-0.2, 0) is 9.57 Å². The van der Waals surface area contributed by atoms with Gasteiger partial charge >= 0.3 is 0 Å². The van der Waals surface area contributed by atoms with Crippen molar-refractivity contribution in [3.05, 3.63) is 12.0 Å². The summed E-state index contributed by atoms with van der Waals surface area (Å²) in [4.78, 5) is 8.77. The number of nitrogens with two attached hydrogens (primary N) is 1. The standard InChI is InChI=1S/C6H11N3O2/c1-10-5-3-8-6(7)9(4-5)11-2/h3-4,6H,7H2,1-2H3. The van der Waals surface area contributed by atoms with Crippen molar-refractivity contribution in [2.24, 2.45) is 10.7 Å². The first-order valence-corrected chi connectivity index (χ1v) is 3.15. The number of nitrogens with zero attached hydrogens (tertiary/aromatic N) is 2. The van der Waals surface area contributed by atoms with E-state index in [0.717, 1.165) is 0 Å². The SMILES string of the molecule is COC1=CN(OC)C(N)N=C1. The third-order valence-electron chi connectivity index (χ3n) is 1.32. The van der Waals surface area contributed by atoms with Crippen molar-refractivity contribution in [3.8, 4) is 0 Å². The van der Waals surface area contributed by atoms with E-state index >= 15 is 0 Å². The summed E-state index contributed by atoms with van der Waals surface area (Å²) < 4.78 is 4.91. The summed E-state index contributed by atoms with van der Waals surface area (Å²) in [5.74, 6) is 0.619. The van der Waals surface area contributed by atoms with Gasteiger partial charge in [0.05, 0.1) is 26.6 Å². The third-order valence-corrected chi connectivity index (χ3v) is 1.32. The minimum atomic E-state index is -0.473. The van der Waals surface area contributed by atoms with Crippen LogP contribution in [0.4, 0.5) is 0 Å². The van der Waals surface area contributed by atoms with Crippen molar-refractivity contribution in [1.82, 2.24) is 5.06 Å². The van der Waals surface area contributed by atoms with Crippen LogP contribution in [0, 0.1) is 0 Å². The fraction of sp³-hybridized carbons (Fsp3) is 0.500. The second kappa shape index (κ2) is 3.36. The molecule has 0 radical (unpaired) electrons. The van der Waals surface area contributed by atoms with E-state index in [1.807, 2.05) is 0 Å². The predicted molar refractivity (Wildman–Crippen MR) is 40.4 cm³/mol. The number of hydrogen-bond donors (Lipinski definition) is 1. The quantitative estimate of drug-likeness (QED) is 0.596. The largest absolute Gasteiger partial charge is 0.494 e. The van der Waals surface area contributed by atoms with Crippen molar-refractivity contribution in [1.29, 1.82) is 0 Å². The van der Waals surface area contributed by atoms with Gasteiger partial charge in [-0.15, -0.1) is 0 Å². The molecule has 1 atom stereocenters. The predicted octanol–water partition coefficient (Wildman–Crippen LogP) is -0.336. The summed E-state index contributed by atoms with van der Waals surface area (Å²) >= 11 is 0. The van der Waals surface area contributed by atoms with Crippen molar-refractivity contribution >= 4 is 6.21 Å². The zero-order valence-electron chi connectivity index (χ0n) is 6.52. The average molecular weight is 157 g/mol. The molecule has 1 heterocycles. The maximum absolute atomic E-state index is 5.51. The van der Waals surface area contributed by atoms with Gasteiger partial charge in [0, 0.05) is 0 Å². The van der Waals surface area contributed by atoms with Crippen molar-refractivity contribution in [2.75, 3.05) is 14.2 Å². The molecule has 1 rings (SSSR count). The van der Waals surface area contributed by atoms with Gasteiger partial charge in [-0.3, -0.25) is 10.6 Å². The lowest BCUT2D eigenvalue weighted by Gasteiger charge is -2.24. The number of ether oxygens (including phenoxy) is 1. The molecule has 0 aromatic rings. The molecule has 5 nitrogen and oxygen atoms in total. The second-order valence-corrected chi connectivity index (χ2v) is 1.97. The molecule has 2 N–H and O–H groups in total. The summed E-state index contributed by atoms with van der Waals surface area (Å²) in [6.07, 6.45) is 2.72. The van der Waals surface area contributed by atoms with E-state index in [1.54, 1.807) is 19.5 Å². The molecule has 0 saturated carbocycles. The van der Waals surface area contributed by atoms with Gasteiger partial charge in [-0.1, -0.05) is 0 Å². The summed E-state index contributed by atoms with van der Waals surface area (Å²) in [5.41, 5.74) is 5.51. The Balaban J connectivity index is 2.67. The van der Waals surface area contributed by atoms with Gasteiger partial charge in [0.1, 0.15) is 0 Å². The van der Waals surface area contributed by atoms with E-state index in [0.29, 0.717) is 5.76 Å². The topological polar surface area (TPSA) is 60.1 Å². The second-order valence-electron chi connectivity index (χ2n) is 1.97. The van der Waals surface area contributed by atoms with Crippen LogP contribution in [0.3, 0.4) is 0 Å². The van der Waals surface area contributed by atoms with Gasteiger partial charge in [0.2, 0.25) is 0 Å². The monoisotopic (exact) mass is 157 g/mol. The van der Waals surface area contributed by atoms with Gasteiger partial charge < -0.3 is 4.74 Å². The zero-order valence-corrected chi connectivity index (χ0v) is 6.52. The van der Waals surface area contributed by atoms with E-state index in [2.05, 4.69) is 4.99 Å². The van der Waals surface area contributed by atoms with Crippen LogP contribution in [-0.4, -0.2) is 31.8 Å². The molecule has 0 aliphatic carbocycles. The highest BCUT2D eigenvalue weighted by molar-refractivity contribution is 5.76. The summed E-state index contributed by atoms with van der Waals surface area (Å²) in [5, 5.41) is 1.40. The van der Waals surface area contributed by atoms with Crippen LogP contribution in [0.5, 0.6) is 0 Å². The molecular weight excluding hydrogens is 146 g/mol. The fourth-order valence-corrected chi connectivity index (χ4v) is 0.717. The Bertz CT molecular complexity index is 190. The molecule has 0 fully saturated rings. The normalized spacial score (nSPS) is 23.4. The molecule has 0 saturated heterocycles. The Kier molecular flexibility index (Phi) is 2.45. The molecule has 0 spiro atoms. The number of hydrogen-bond acceptors (Lipinski definition) is 5. The molecular formula is C6H11N3O2. The van der Waals surface area contributed by atoms with Crippen LogP contribution >= 0.6 is 0 Å². The number of aliphatic imine (C=N–C) groups is 1. The van der Waals surface area contributed by atoms with Crippen molar-refractivity contribution < 1.29 is 9.57 Å². The lowest BCUT2D eigenvalue weighted by atomic mass is 10.5. The molecule has 1 aliphatic rings. The van der Waals surface area contributed by atoms with Crippen LogP contribution in [0.2, 0.25) is 0 Å². The lowest BCUT2D eigenvalue weighted by molar-refractivity contribution is -0.119. The molecule has 0 bridgehead atoms. The first-order valence-electron chi connectivity index (χ1n) is 3.15. The first kappa shape index (κ1) is 8.03. The molecule has 0 amide bonds. The molecule has 1 unspecified atom stereocenters. The number of rotatable bonds is 2. The van der Waals surface area contributed by atoms with Crippen LogP contribution in [0.1, 0.15) is 0 Å². The molecule has 11 heavy (non-hydrogen) atoms. The summed E-state index contributed by atoms with van der Waals surface area (Å²) in [7, 11) is 3.08. The first-order chi connectivity index (χ1) is 5.27. The van der Waals surface area contributed by atoms with Gasteiger partial charge in [0.25, 0.3) is 0 Å². The van der Waals surface area contributed by atoms with E-state index in [-0.39, 0.29) is 0 Å². The Morgan fingerprint density at radius 1 is 1.64 bits per heavy atom. The highest BCUT2D eigenvalue weighted by Crippen LogP contribution is 2.06. The zero-order chi connectivity index (χ0) is 8.27. The smallest absolute Gasteiger partial charge is 0.196 e. The van der Waals surface area contributed by atoms with Gasteiger partial charge in [0.15, 0.2) is 12.0 Å². The average Bonchev–Trinajstić information content (AvgIpc) is 2.05. The van der Waals surface area contributed by atoms with Gasteiger partial charge in [-0.25, -0.2) is 10.1 Å². The van der Waals surface area contributed by atoms with E-state index < -0.39 is 6.29 Å². The molecule has 5 heteroatoms. The van der Waals surface area contributed by atoms with Crippen LogP contribution in [0.25, 0.3) is 0 Å². The minimum absolute atomic E-state index is 0.473.